The largest absolute Gasteiger partial charge is 0.383 e. The number of benzene rings is 1. The molecule has 0 heterocycles. The van der Waals surface area contributed by atoms with Gasteiger partial charge in [0.25, 0.3) is 0 Å². The van der Waals surface area contributed by atoms with Gasteiger partial charge >= 0.3 is 6.03 Å². The van der Waals surface area contributed by atoms with Gasteiger partial charge in [0.15, 0.2) is 0 Å². The highest BCUT2D eigenvalue weighted by molar-refractivity contribution is 5.74. The van der Waals surface area contributed by atoms with Crippen molar-refractivity contribution in [3.05, 3.63) is 35.4 Å². The SMILES string of the molecule is COCC(C)NC(=O)NC(C)c1ccc(F)cc1F. The molecule has 0 bridgehead atoms. The molecule has 0 aromatic heterocycles. The number of halogens is 2. The van der Waals surface area contributed by atoms with Crippen LogP contribution in [-0.2, 0) is 4.74 Å². The van der Waals surface area contributed by atoms with E-state index in [1.54, 1.807) is 13.8 Å². The van der Waals surface area contributed by atoms with Crippen LogP contribution in [0.5, 0.6) is 0 Å². The smallest absolute Gasteiger partial charge is 0.315 e. The first-order valence-electron chi connectivity index (χ1n) is 5.95. The standard InChI is InChI=1S/C13H18F2N2O2/c1-8(7-19-3)16-13(18)17-9(2)11-5-4-10(14)6-12(11)15/h4-6,8-9H,7H2,1-3H3,(H2,16,17,18). The first-order chi connectivity index (χ1) is 8.93. The van der Waals surface area contributed by atoms with Crippen LogP contribution in [0.25, 0.3) is 0 Å². The average molecular weight is 272 g/mol. The lowest BCUT2D eigenvalue weighted by Gasteiger charge is -2.18. The second-order valence-electron chi connectivity index (χ2n) is 4.36. The Balaban J connectivity index is 2.59. The van der Waals surface area contributed by atoms with E-state index in [1.807, 2.05) is 0 Å². The molecule has 0 spiro atoms. The van der Waals surface area contributed by atoms with Crippen molar-refractivity contribution in [2.24, 2.45) is 0 Å². The summed E-state index contributed by atoms with van der Waals surface area (Å²) in [6.07, 6.45) is 0. The number of hydrogen-bond donors (Lipinski definition) is 2. The van der Waals surface area contributed by atoms with E-state index in [4.69, 9.17) is 4.74 Å². The number of methoxy groups -OCH3 is 1. The van der Waals surface area contributed by atoms with Crippen LogP contribution in [0.3, 0.4) is 0 Å². The average Bonchev–Trinajstić information content (AvgIpc) is 2.28. The molecule has 1 rings (SSSR count). The van der Waals surface area contributed by atoms with Gasteiger partial charge in [0.2, 0.25) is 0 Å². The Kier molecular flexibility index (Phi) is 5.69. The molecule has 19 heavy (non-hydrogen) atoms. The minimum atomic E-state index is -0.683. The number of nitrogens with one attached hydrogen (secondary N) is 2. The number of urea groups is 1. The third-order valence-electron chi connectivity index (χ3n) is 2.57. The summed E-state index contributed by atoms with van der Waals surface area (Å²) in [4.78, 5) is 11.6. The predicted octanol–water partition coefficient (Wildman–Crippen LogP) is 2.36. The van der Waals surface area contributed by atoms with Gasteiger partial charge in [-0.3, -0.25) is 0 Å². The zero-order chi connectivity index (χ0) is 14.4. The van der Waals surface area contributed by atoms with Crippen molar-refractivity contribution in [1.29, 1.82) is 0 Å². The number of rotatable bonds is 5. The summed E-state index contributed by atoms with van der Waals surface area (Å²) >= 11 is 0. The Morgan fingerprint density at radius 3 is 2.58 bits per heavy atom. The third-order valence-corrected chi connectivity index (χ3v) is 2.57. The second kappa shape index (κ2) is 7.04. The molecule has 6 heteroatoms. The van der Waals surface area contributed by atoms with E-state index >= 15 is 0 Å². The maximum atomic E-state index is 13.5. The molecule has 0 saturated carbocycles. The molecule has 4 nitrogen and oxygen atoms in total. The molecule has 2 amide bonds. The summed E-state index contributed by atoms with van der Waals surface area (Å²) in [5.74, 6) is -1.33. The van der Waals surface area contributed by atoms with Crippen molar-refractivity contribution >= 4 is 6.03 Å². The zero-order valence-corrected chi connectivity index (χ0v) is 11.2. The lowest BCUT2D eigenvalue weighted by Crippen LogP contribution is -2.43. The normalized spacial score (nSPS) is 13.7. The van der Waals surface area contributed by atoms with E-state index in [-0.39, 0.29) is 11.6 Å². The van der Waals surface area contributed by atoms with Gasteiger partial charge in [-0.25, -0.2) is 13.6 Å². The van der Waals surface area contributed by atoms with E-state index in [0.717, 1.165) is 12.1 Å². The van der Waals surface area contributed by atoms with E-state index in [1.165, 1.54) is 13.2 Å². The van der Waals surface area contributed by atoms with E-state index < -0.39 is 23.7 Å². The topological polar surface area (TPSA) is 50.4 Å². The van der Waals surface area contributed by atoms with Gasteiger partial charge in [-0.2, -0.15) is 0 Å². The fraction of sp³-hybridized carbons (Fsp3) is 0.462. The third kappa shape index (κ3) is 4.82. The van der Waals surface area contributed by atoms with Crippen molar-refractivity contribution in [2.75, 3.05) is 13.7 Å². The number of carbonyl (C=O) groups excluding carboxylic acids is 1. The van der Waals surface area contributed by atoms with Crippen LogP contribution >= 0.6 is 0 Å². The maximum Gasteiger partial charge on any atom is 0.315 e. The number of ether oxygens (including phenoxy) is 1. The van der Waals surface area contributed by atoms with Gasteiger partial charge in [0.05, 0.1) is 18.7 Å². The van der Waals surface area contributed by atoms with Gasteiger partial charge in [-0.05, 0) is 19.9 Å². The van der Waals surface area contributed by atoms with Crippen LogP contribution in [0.2, 0.25) is 0 Å². The summed E-state index contributed by atoms with van der Waals surface area (Å²) in [6, 6.07) is 2.11. The molecule has 0 aliphatic carbocycles. The van der Waals surface area contributed by atoms with Crippen LogP contribution in [-0.4, -0.2) is 25.8 Å². The fourth-order valence-electron chi connectivity index (χ4n) is 1.68. The van der Waals surface area contributed by atoms with Crippen LogP contribution in [0.15, 0.2) is 18.2 Å². The number of hydrogen-bond acceptors (Lipinski definition) is 2. The summed E-state index contributed by atoms with van der Waals surface area (Å²) in [7, 11) is 1.53. The van der Waals surface area contributed by atoms with Gasteiger partial charge in [0, 0.05) is 18.7 Å². The highest BCUT2D eigenvalue weighted by atomic mass is 19.1. The molecule has 0 aliphatic heterocycles. The molecular formula is C13H18F2N2O2. The monoisotopic (exact) mass is 272 g/mol. The van der Waals surface area contributed by atoms with Crippen molar-refractivity contribution in [1.82, 2.24) is 10.6 Å². The fourth-order valence-corrected chi connectivity index (χ4v) is 1.68. The minimum Gasteiger partial charge on any atom is -0.383 e. The highest BCUT2D eigenvalue weighted by Gasteiger charge is 2.15. The van der Waals surface area contributed by atoms with E-state index in [0.29, 0.717) is 6.61 Å². The Morgan fingerprint density at radius 1 is 1.32 bits per heavy atom. The molecule has 2 atom stereocenters. The Bertz CT molecular complexity index is 441. The Morgan fingerprint density at radius 2 is 2.00 bits per heavy atom. The molecule has 0 radical (unpaired) electrons. The van der Waals surface area contributed by atoms with Crippen molar-refractivity contribution < 1.29 is 18.3 Å². The van der Waals surface area contributed by atoms with Gasteiger partial charge < -0.3 is 15.4 Å². The maximum absolute atomic E-state index is 13.5. The lowest BCUT2D eigenvalue weighted by atomic mass is 10.1. The summed E-state index contributed by atoms with van der Waals surface area (Å²) in [6.45, 7) is 3.79. The lowest BCUT2D eigenvalue weighted by molar-refractivity contribution is 0.170. The van der Waals surface area contributed by atoms with E-state index in [9.17, 15) is 13.6 Å². The zero-order valence-electron chi connectivity index (χ0n) is 11.2. The molecule has 0 aliphatic rings. The first kappa shape index (κ1) is 15.4. The summed E-state index contributed by atoms with van der Waals surface area (Å²) in [5, 5.41) is 5.22. The van der Waals surface area contributed by atoms with Crippen LogP contribution in [0.1, 0.15) is 25.5 Å². The minimum absolute atomic E-state index is 0.157. The number of carbonyl (C=O) groups is 1. The number of amides is 2. The van der Waals surface area contributed by atoms with E-state index in [2.05, 4.69) is 10.6 Å². The van der Waals surface area contributed by atoms with Crippen LogP contribution in [0.4, 0.5) is 13.6 Å². The molecule has 1 aromatic carbocycles. The molecule has 106 valence electrons. The quantitative estimate of drug-likeness (QED) is 0.864. The summed E-state index contributed by atoms with van der Waals surface area (Å²) < 4.78 is 31.2. The molecule has 2 N–H and O–H groups in total. The van der Waals surface area contributed by atoms with Crippen molar-refractivity contribution in [2.45, 2.75) is 25.9 Å². The molecule has 0 fully saturated rings. The predicted molar refractivity (Wildman–Crippen MR) is 67.8 cm³/mol. The molecular weight excluding hydrogens is 254 g/mol. The molecule has 2 unspecified atom stereocenters. The molecule has 1 aromatic rings. The summed E-state index contributed by atoms with van der Waals surface area (Å²) in [5.41, 5.74) is 0.232. The Labute approximate surface area is 111 Å². The second-order valence-corrected chi connectivity index (χ2v) is 4.36. The van der Waals surface area contributed by atoms with Gasteiger partial charge in [-0.15, -0.1) is 0 Å². The van der Waals surface area contributed by atoms with Crippen molar-refractivity contribution in [3.8, 4) is 0 Å². The van der Waals surface area contributed by atoms with Gasteiger partial charge in [-0.1, -0.05) is 6.07 Å². The highest BCUT2D eigenvalue weighted by Crippen LogP contribution is 2.17. The first-order valence-corrected chi connectivity index (χ1v) is 5.95. The van der Waals surface area contributed by atoms with Crippen LogP contribution < -0.4 is 10.6 Å². The van der Waals surface area contributed by atoms with Crippen LogP contribution in [0, 0.1) is 11.6 Å². The molecule has 0 saturated heterocycles. The van der Waals surface area contributed by atoms with Crippen molar-refractivity contribution in [3.63, 3.8) is 0 Å². The Hall–Kier alpha value is -1.69. The van der Waals surface area contributed by atoms with Gasteiger partial charge in [0.1, 0.15) is 11.6 Å².